The Bertz CT molecular complexity index is 500. The van der Waals surface area contributed by atoms with E-state index in [1.54, 1.807) is 4.90 Å². The van der Waals surface area contributed by atoms with Gasteiger partial charge in [0.25, 0.3) is 0 Å². The first-order chi connectivity index (χ1) is 11.6. The number of hydrogen-bond donors (Lipinski definition) is 0. The van der Waals surface area contributed by atoms with Crippen molar-refractivity contribution in [2.24, 2.45) is 5.92 Å². The molecule has 0 saturated carbocycles. The molecule has 1 aliphatic rings. The highest BCUT2D eigenvalue weighted by Crippen LogP contribution is 2.15. The Morgan fingerprint density at radius 3 is 2.32 bits per heavy atom. The van der Waals surface area contributed by atoms with Gasteiger partial charge in [-0.3, -0.25) is 4.90 Å². The number of hydrogen-bond acceptors (Lipinski definition) is 4. The molecular formula is C19H31ClN2O3. The zero-order valence-electron chi connectivity index (χ0n) is 15.6. The van der Waals surface area contributed by atoms with Gasteiger partial charge in [0.15, 0.2) is 0 Å². The van der Waals surface area contributed by atoms with Crippen LogP contribution in [0.3, 0.4) is 0 Å². The third-order valence-corrected chi connectivity index (χ3v) is 4.14. The molecule has 5 nitrogen and oxygen atoms in total. The molecule has 1 heterocycles. The van der Waals surface area contributed by atoms with E-state index in [4.69, 9.17) is 9.47 Å². The summed E-state index contributed by atoms with van der Waals surface area (Å²) in [5.74, 6) is 1.60. The molecule has 2 rings (SSSR count). The van der Waals surface area contributed by atoms with E-state index in [0.717, 1.165) is 44.9 Å². The number of rotatable bonds is 7. The molecule has 0 radical (unpaired) electrons. The average Bonchev–Trinajstić information content (AvgIpc) is 2.57. The molecule has 0 unspecified atom stereocenters. The second-order valence-electron chi connectivity index (χ2n) is 6.62. The third kappa shape index (κ3) is 7.53. The van der Waals surface area contributed by atoms with Crippen molar-refractivity contribution in [3.05, 3.63) is 29.8 Å². The predicted octanol–water partition coefficient (Wildman–Crippen LogP) is 3.46. The first kappa shape index (κ1) is 21.6. The molecule has 142 valence electrons. The standard InChI is InChI=1S/C19H30N2O3.ClH/c1-4-23-19(22)21-11-9-20(10-12-21)13-14-24-18-7-5-17(6-8-18)15-16(2)3;/h5-8,16H,4,9-15H2,1-3H3;1H. The molecule has 1 aliphatic heterocycles. The van der Waals surface area contributed by atoms with Crippen LogP contribution in [0.2, 0.25) is 0 Å². The summed E-state index contributed by atoms with van der Waals surface area (Å²) in [4.78, 5) is 15.8. The molecule has 25 heavy (non-hydrogen) atoms. The van der Waals surface area contributed by atoms with Gasteiger partial charge in [-0.1, -0.05) is 26.0 Å². The largest absolute Gasteiger partial charge is 0.492 e. The molecule has 0 spiro atoms. The van der Waals surface area contributed by atoms with Gasteiger partial charge in [-0.15, -0.1) is 12.4 Å². The number of piperazine rings is 1. The predicted molar refractivity (Wildman–Crippen MR) is 103 cm³/mol. The zero-order valence-corrected chi connectivity index (χ0v) is 16.4. The van der Waals surface area contributed by atoms with Crippen molar-refractivity contribution in [3.63, 3.8) is 0 Å². The molecule has 1 aromatic carbocycles. The maximum atomic E-state index is 11.7. The van der Waals surface area contributed by atoms with E-state index in [2.05, 4.69) is 43.0 Å². The number of amides is 1. The highest BCUT2D eigenvalue weighted by Gasteiger charge is 2.21. The average molecular weight is 371 g/mol. The van der Waals surface area contributed by atoms with Crippen LogP contribution in [0.5, 0.6) is 5.75 Å². The van der Waals surface area contributed by atoms with Gasteiger partial charge in [-0.2, -0.15) is 0 Å². The number of halogens is 1. The topological polar surface area (TPSA) is 42.0 Å². The molecule has 1 saturated heterocycles. The first-order valence-corrected chi connectivity index (χ1v) is 8.94. The smallest absolute Gasteiger partial charge is 0.409 e. The lowest BCUT2D eigenvalue weighted by Crippen LogP contribution is -2.49. The van der Waals surface area contributed by atoms with E-state index in [9.17, 15) is 4.79 Å². The SMILES string of the molecule is CCOC(=O)N1CCN(CCOc2ccc(CC(C)C)cc2)CC1.Cl. The van der Waals surface area contributed by atoms with E-state index in [-0.39, 0.29) is 18.5 Å². The fraction of sp³-hybridized carbons (Fsp3) is 0.632. The number of carbonyl (C=O) groups excluding carboxylic acids is 1. The van der Waals surface area contributed by atoms with Crippen molar-refractivity contribution in [2.45, 2.75) is 27.2 Å². The lowest BCUT2D eigenvalue weighted by molar-refractivity contribution is 0.0757. The van der Waals surface area contributed by atoms with Crippen LogP contribution in [0.1, 0.15) is 26.3 Å². The van der Waals surface area contributed by atoms with Gasteiger partial charge in [0, 0.05) is 32.7 Å². The third-order valence-electron chi connectivity index (χ3n) is 4.14. The highest BCUT2D eigenvalue weighted by molar-refractivity contribution is 5.85. The number of carbonyl (C=O) groups is 1. The van der Waals surface area contributed by atoms with Gasteiger partial charge in [0.1, 0.15) is 12.4 Å². The maximum absolute atomic E-state index is 11.7. The lowest BCUT2D eigenvalue weighted by atomic mass is 10.0. The quantitative estimate of drug-likeness (QED) is 0.737. The first-order valence-electron chi connectivity index (χ1n) is 8.94. The summed E-state index contributed by atoms with van der Waals surface area (Å²) in [5.41, 5.74) is 1.35. The van der Waals surface area contributed by atoms with Crippen molar-refractivity contribution < 1.29 is 14.3 Å². The van der Waals surface area contributed by atoms with Crippen LogP contribution < -0.4 is 4.74 Å². The van der Waals surface area contributed by atoms with E-state index in [1.807, 2.05) is 6.92 Å². The zero-order chi connectivity index (χ0) is 17.4. The summed E-state index contributed by atoms with van der Waals surface area (Å²) in [6.07, 6.45) is 0.903. The van der Waals surface area contributed by atoms with Gasteiger partial charge in [-0.25, -0.2) is 4.79 Å². The Hall–Kier alpha value is -1.46. The highest BCUT2D eigenvalue weighted by atomic mass is 35.5. The van der Waals surface area contributed by atoms with Gasteiger partial charge < -0.3 is 14.4 Å². The Kier molecular flexibility index (Phi) is 9.68. The molecule has 6 heteroatoms. The fourth-order valence-corrected chi connectivity index (χ4v) is 2.85. The van der Waals surface area contributed by atoms with Crippen molar-refractivity contribution in [1.82, 2.24) is 9.80 Å². The van der Waals surface area contributed by atoms with Crippen LogP contribution in [0.25, 0.3) is 0 Å². The molecular weight excluding hydrogens is 340 g/mol. The number of nitrogens with zero attached hydrogens (tertiary/aromatic N) is 2. The lowest BCUT2D eigenvalue weighted by Gasteiger charge is -2.33. The monoisotopic (exact) mass is 370 g/mol. The minimum Gasteiger partial charge on any atom is -0.492 e. The minimum atomic E-state index is -0.199. The molecule has 1 amide bonds. The Morgan fingerprint density at radius 1 is 1.12 bits per heavy atom. The fourth-order valence-electron chi connectivity index (χ4n) is 2.85. The molecule has 0 aliphatic carbocycles. The van der Waals surface area contributed by atoms with Gasteiger partial charge in [0.05, 0.1) is 6.61 Å². The van der Waals surface area contributed by atoms with Crippen molar-refractivity contribution in [3.8, 4) is 5.75 Å². The van der Waals surface area contributed by atoms with Crippen LogP contribution >= 0.6 is 12.4 Å². The van der Waals surface area contributed by atoms with Crippen LogP contribution in [-0.2, 0) is 11.2 Å². The van der Waals surface area contributed by atoms with Gasteiger partial charge in [-0.05, 0) is 37.0 Å². The van der Waals surface area contributed by atoms with Crippen molar-refractivity contribution in [1.29, 1.82) is 0 Å². The molecule has 1 aromatic rings. The van der Waals surface area contributed by atoms with Crippen LogP contribution in [0.15, 0.2) is 24.3 Å². The second kappa shape index (κ2) is 11.2. The molecule has 1 fully saturated rings. The molecule has 0 N–H and O–H groups in total. The summed E-state index contributed by atoms with van der Waals surface area (Å²) >= 11 is 0. The van der Waals surface area contributed by atoms with Crippen LogP contribution in [0.4, 0.5) is 4.79 Å². The minimum absolute atomic E-state index is 0. The number of ether oxygens (including phenoxy) is 2. The number of benzene rings is 1. The summed E-state index contributed by atoms with van der Waals surface area (Å²) in [6.45, 7) is 11.5. The van der Waals surface area contributed by atoms with E-state index in [0.29, 0.717) is 19.1 Å². The Labute approximate surface area is 157 Å². The van der Waals surface area contributed by atoms with E-state index >= 15 is 0 Å². The van der Waals surface area contributed by atoms with Crippen LogP contribution in [0, 0.1) is 5.92 Å². The maximum Gasteiger partial charge on any atom is 0.409 e. The normalized spacial score (nSPS) is 15.0. The summed E-state index contributed by atoms with van der Waals surface area (Å²) in [7, 11) is 0. The van der Waals surface area contributed by atoms with Gasteiger partial charge in [0.2, 0.25) is 0 Å². The molecule has 0 bridgehead atoms. The van der Waals surface area contributed by atoms with Crippen molar-refractivity contribution in [2.75, 3.05) is 45.9 Å². The Morgan fingerprint density at radius 2 is 1.76 bits per heavy atom. The van der Waals surface area contributed by atoms with Crippen molar-refractivity contribution >= 4 is 18.5 Å². The summed E-state index contributed by atoms with van der Waals surface area (Å²) in [6, 6.07) is 8.40. The van der Waals surface area contributed by atoms with E-state index in [1.165, 1.54) is 5.56 Å². The molecule has 0 aromatic heterocycles. The van der Waals surface area contributed by atoms with E-state index < -0.39 is 0 Å². The molecule has 0 atom stereocenters. The van der Waals surface area contributed by atoms with Crippen LogP contribution in [-0.4, -0.2) is 61.8 Å². The second-order valence-corrected chi connectivity index (χ2v) is 6.62. The summed E-state index contributed by atoms with van der Waals surface area (Å²) < 4.78 is 10.9. The Balaban J connectivity index is 0.00000312. The summed E-state index contributed by atoms with van der Waals surface area (Å²) in [5, 5.41) is 0. The van der Waals surface area contributed by atoms with Gasteiger partial charge >= 0.3 is 6.09 Å².